The van der Waals surface area contributed by atoms with Crippen molar-refractivity contribution >= 4 is 5.91 Å². The predicted octanol–water partition coefficient (Wildman–Crippen LogP) is 2.66. The SMILES string of the molecule is N#Cc1ccc(-c2ccc(C[C@@H](C#N)NC(=O)C3(N)CCC3)cc2)cc1. The zero-order valence-electron chi connectivity index (χ0n) is 14.4. The predicted molar refractivity (Wildman–Crippen MR) is 98.6 cm³/mol. The number of hydrogen-bond acceptors (Lipinski definition) is 4. The van der Waals surface area contributed by atoms with E-state index in [1.54, 1.807) is 12.1 Å². The van der Waals surface area contributed by atoms with Crippen LogP contribution in [0.5, 0.6) is 0 Å². The van der Waals surface area contributed by atoms with Crippen LogP contribution in [0.2, 0.25) is 0 Å². The van der Waals surface area contributed by atoms with Crippen LogP contribution in [0.15, 0.2) is 48.5 Å². The maximum absolute atomic E-state index is 12.2. The number of amides is 1. The Morgan fingerprint density at radius 3 is 2.12 bits per heavy atom. The first-order valence-corrected chi connectivity index (χ1v) is 8.63. The van der Waals surface area contributed by atoms with Gasteiger partial charge in [-0.3, -0.25) is 4.79 Å². The van der Waals surface area contributed by atoms with Gasteiger partial charge in [-0.05, 0) is 48.1 Å². The summed E-state index contributed by atoms with van der Waals surface area (Å²) < 4.78 is 0. The summed E-state index contributed by atoms with van der Waals surface area (Å²) >= 11 is 0. The molecule has 5 nitrogen and oxygen atoms in total. The fourth-order valence-corrected chi connectivity index (χ4v) is 3.02. The van der Waals surface area contributed by atoms with Crippen molar-refractivity contribution in [2.75, 3.05) is 0 Å². The minimum Gasteiger partial charge on any atom is -0.338 e. The van der Waals surface area contributed by atoms with Gasteiger partial charge in [-0.15, -0.1) is 0 Å². The van der Waals surface area contributed by atoms with Crippen LogP contribution in [0.4, 0.5) is 0 Å². The van der Waals surface area contributed by atoms with Crippen LogP contribution in [-0.4, -0.2) is 17.5 Å². The molecule has 1 saturated carbocycles. The fraction of sp³-hybridized carbons (Fsp3) is 0.286. The summed E-state index contributed by atoms with van der Waals surface area (Å²) in [5.41, 5.74) is 8.86. The Kier molecular flexibility index (Phi) is 5.02. The van der Waals surface area contributed by atoms with Crippen molar-refractivity contribution in [2.45, 2.75) is 37.3 Å². The van der Waals surface area contributed by atoms with Gasteiger partial charge in [0.1, 0.15) is 6.04 Å². The monoisotopic (exact) mass is 344 g/mol. The van der Waals surface area contributed by atoms with E-state index in [9.17, 15) is 10.1 Å². The minimum absolute atomic E-state index is 0.232. The zero-order chi connectivity index (χ0) is 18.6. The highest BCUT2D eigenvalue weighted by molar-refractivity contribution is 5.87. The van der Waals surface area contributed by atoms with E-state index >= 15 is 0 Å². The van der Waals surface area contributed by atoms with Crippen LogP contribution in [0.25, 0.3) is 11.1 Å². The van der Waals surface area contributed by atoms with Gasteiger partial charge in [0.15, 0.2) is 0 Å². The van der Waals surface area contributed by atoms with Gasteiger partial charge in [0, 0.05) is 6.42 Å². The van der Waals surface area contributed by atoms with Crippen LogP contribution < -0.4 is 11.1 Å². The lowest BCUT2D eigenvalue weighted by atomic mass is 9.77. The van der Waals surface area contributed by atoms with Crippen molar-refractivity contribution in [1.29, 1.82) is 10.5 Å². The summed E-state index contributed by atoms with van der Waals surface area (Å²) in [6.07, 6.45) is 2.75. The third-order valence-corrected chi connectivity index (χ3v) is 4.90. The van der Waals surface area contributed by atoms with Gasteiger partial charge in [0.25, 0.3) is 0 Å². The topological polar surface area (TPSA) is 103 Å². The van der Waals surface area contributed by atoms with Gasteiger partial charge >= 0.3 is 0 Å². The molecule has 3 rings (SSSR count). The number of nitriles is 2. The molecule has 0 unspecified atom stereocenters. The molecule has 0 heterocycles. The molecule has 1 aliphatic rings. The first-order chi connectivity index (χ1) is 12.5. The van der Waals surface area contributed by atoms with E-state index in [-0.39, 0.29) is 5.91 Å². The first kappa shape index (κ1) is 17.7. The number of benzene rings is 2. The van der Waals surface area contributed by atoms with Crippen molar-refractivity contribution in [3.63, 3.8) is 0 Å². The van der Waals surface area contributed by atoms with Crippen molar-refractivity contribution in [1.82, 2.24) is 5.32 Å². The van der Waals surface area contributed by atoms with Gasteiger partial charge in [0.2, 0.25) is 5.91 Å². The maximum Gasteiger partial charge on any atom is 0.241 e. The van der Waals surface area contributed by atoms with Crippen molar-refractivity contribution in [3.05, 3.63) is 59.7 Å². The van der Waals surface area contributed by atoms with Crippen LogP contribution in [0.1, 0.15) is 30.4 Å². The Balaban J connectivity index is 1.65. The Labute approximate surface area is 153 Å². The molecule has 0 bridgehead atoms. The second kappa shape index (κ2) is 7.39. The van der Waals surface area contributed by atoms with Crippen molar-refractivity contribution < 1.29 is 4.79 Å². The summed E-state index contributed by atoms with van der Waals surface area (Å²) in [5.74, 6) is -0.232. The molecular weight excluding hydrogens is 324 g/mol. The standard InChI is InChI=1S/C21H20N4O/c22-13-16-4-8-18(9-5-16)17-6-2-15(3-7-17)12-19(14-23)25-20(26)21(24)10-1-11-21/h2-9,19H,1,10-12,24H2,(H,25,26)/t19-/m0/s1. The lowest BCUT2D eigenvalue weighted by Gasteiger charge is -2.36. The molecule has 1 atom stereocenters. The van der Waals surface area contributed by atoms with Crippen LogP contribution in [0.3, 0.4) is 0 Å². The van der Waals surface area contributed by atoms with Gasteiger partial charge in [-0.2, -0.15) is 10.5 Å². The van der Waals surface area contributed by atoms with E-state index < -0.39 is 11.6 Å². The first-order valence-electron chi connectivity index (χ1n) is 8.63. The molecule has 26 heavy (non-hydrogen) atoms. The van der Waals surface area contributed by atoms with Crippen LogP contribution in [0, 0.1) is 22.7 Å². The molecule has 0 aliphatic heterocycles. The molecule has 1 amide bonds. The molecule has 2 aromatic rings. The molecule has 0 aromatic heterocycles. The normalized spacial score (nSPS) is 15.8. The van der Waals surface area contributed by atoms with Gasteiger partial charge in [-0.25, -0.2) is 0 Å². The summed E-state index contributed by atoms with van der Waals surface area (Å²) in [7, 11) is 0. The Hall–Kier alpha value is -3.15. The van der Waals surface area contributed by atoms with Crippen molar-refractivity contribution in [2.24, 2.45) is 5.73 Å². The van der Waals surface area contributed by atoms with Gasteiger partial charge < -0.3 is 11.1 Å². The van der Waals surface area contributed by atoms with E-state index in [2.05, 4.69) is 17.5 Å². The second-order valence-corrected chi connectivity index (χ2v) is 6.76. The summed E-state index contributed by atoms with van der Waals surface area (Å²) in [4.78, 5) is 12.2. The summed E-state index contributed by atoms with van der Waals surface area (Å²) in [5, 5.41) is 21.0. The zero-order valence-corrected chi connectivity index (χ0v) is 14.4. The highest BCUT2D eigenvalue weighted by Crippen LogP contribution is 2.29. The molecule has 0 saturated heterocycles. The average molecular weight is 344 g/mol. The quantitative estimate of drug-likeness (QED) is 0.870. The largest absolute Gasteiger partial charge is 0.338 e. The molecule has 0 radical (unpaired) electrons. The Morgan fingerprint density at radius 1 is 1.08 bits per heavy atom. The molecular formula is C21H20N4O. The third-order valence-electron chi connectivity index (χ3n) is 4.90. The molecule has 2 aromatic carbocycles. The van der Waals surface area contributed by atoms with Crippen molar-refractivity contribution in [3.8, 4) is 23.3 Å². The average Bonchev–Trinajstić information content (AvgIpc) is 2.66. The Morgan fingerprint density at radius 2 is 1.65 bits per heavy atom. The number of nitrogens with one attached hydrogen (secondary N) is 1. The number of carbonyl (C=O) groups is 1. The minimum atomic E-state index is -0.797. The van der Waals surface area contributed by atoms with Gasteiger partial charge in [-0.1, -0.05) is 36.4 Å². The molecule has 3 N–H and O–H groups in total. The number of rotatable bonds is 5. The number of nitrogens with two attached hydrogens (primary N) is 1. The number of carbonyl (C=O) groups excluding carboxylic acids is 1. The summed E-state index contributed by atoms with van der Waals surface area (Å²) in [6.45, 7) is 0. The van der Waals surface area contributed by atoms with E-state index in [4.69, 9.17) is 11.0 Å². The van der Waals surface area contributed by atoms with E-state index in [1.807, 2.05) is 36.4 Å². The molecule has 0 spiro atoms. The molecule has 1 aliphatic carbocycles. The number of nitrogens with zero attached hydrogens (tertiary/aromatic N) is 2. The van der Waals surface area contributed by atoms with E-state index in [1.165, 1.54) is 0 Å². The lowest BCUT2D eigenvalue weighted by Crippen LogP contribution is -2.60. The summed E-state index contributed by atoms with van der Waals surface area (Å²) in [6, 6.07) is 18.9. The van der Waals surface area contributed by atoms with Crippen LogP contribution >= 0.6 is 0 Å². The molecule has 5 heteroatoms. The molecule has 130 valence electrons. The second-order valence-electron chi connectivity index (χ2n) is 6.76. The lowest BCUT2D eigenvalue weighted by molar-refractivity contribution is -0.129. The maximum atomic E-state index is 12.2. The van der Waals surface area contributed by atoms with E-state index in [0.29, 0.717) is 24.8 Å². The smallest absolute Gasteiger partial charge is 0.241 e. The Bertz CT molecular complexity index is 868. The molecule has 1 fully saturated rings. The van der Waals surface area contributed by atoms with Gasteiger partial charge in [0.05, 0.1) is 23.2 Å². The van der Waals surface area contributed by atoms with Crippen LogP contribution in [-0.2, 0) is 11.2 Å². The number of hydrogen-bond donors (Lipinski definition) is 2. The highest BCUT2D eigenvalue weighted by Gasteiger charge is 2.40. The fourth-order valence-electron chi connectivity index (χ4n) is 3.02. The highest BCUT2D eigenvalue weighted by atomic mass is 16.2. The third kappa shape index (κ3) is 3.74. The van der Waals surface area contributed by atoms with E-state index in [0.717, 1.165) is 23.1 Å².